The highest BCUT2D eigenvalue weighted by atomic mass is 16.4. The SMILES string of the molecule is CC(C)c1ccc(C=NO)o1. The zero-order chi connectivity index (χ0) is 8.27. The molecule has 0 aliphatic rings. The third-order valence-electron chi connectivity index (χ3n) is 1.40. The fraction of sp³-hybridized carbons (Fsp3) is 0.375. The van der Waals surface area contributed by atoms with E-state index >= 15 is 0 Å². The van der Waals surface area contributed by atoms with Crippen molar-refractivity contribution < 1.29 is 9.62 Å². The number of furan rings is 1. The second kappa shape index (κ2) is 3.23. The van der Waals surface area contributed by atoms with E-state index in [2.05, 4.69) is 5.16 Å². The first-order valence-electron chi connectivity index (χ1n) is 3.51. The summed E-state index contributed by atoms with van der Waals surface area (Å²) in [4.78, 5) is 0. The summed E-state index contributed by atoms with van der Waals surface area (Å²) in [6.45, 7) is 4.08. The van der Waals surface area contributed by atoms with Gasteiger partial charge in [0.2, 0.25) is 0 Å². The van der Waals surface area contributed by atoms with Gasteiger partial charge in [0, 0.05) is 5.92 Å². The van der Waals surface area contributed by atoms with Gasteiger partial charge in [-0.25, -0.2) is 0 Å². The Hall–Kier alpha value is -1.25. The fourth-order valence-electron chi connectivity index (χ4n) is 0.805. The van der Waals surface area contributed by atoms with Gasteiger partial charge >= 0.3 is 0 Å². The first-order chi connectivity index (χ1) is 5.24. The standard InChI is InChI=1S/C8H11NO2/c1-6(2)8-4-3-7(11-8)5-9-10/h3-6,10H,1-2H3. The van der Waals surface area contributed by atoms with Crippen LogP contribution in [0.1, 0.15) is 31.3 Å². The van der Waals surface area contributed by atoms with Crippen LogP contribution in [0.2, 0.25) is 0 Å². The van der Waals surface area contributed by atoms with Crippen molar-refractivity contribution in [3.05, 3.63) is 23.7 Å². The van der Waals surface area contributed by atoms with Gasteiger partial charge in [-0.05, 0) is 12.1 Å². The maximum absolute atomic E-state index is 8.18. The van der Waals surface area contributed by atoms with Gasteiger partial charge < -0.3 is 9.62 Å². The van der Waals surface area contributed by atoms with E-state index in [4.69, 9.17) is 9.62 Å². The summed E-state index contributed by atoms with van der Waals surface area (Å²) in [7, 11) is 0. The molecule has 3 nitrogen and oxygen atoms in total. The molecule has 1 rings (SSSR count). The van der Waals surface area contributed by atoms with Crippen LogP contribution >= 0.6 is 0 Å². The van der Waals surface area contributed by atoms with Crippen molar-refractivity contribution in [2.24, 2.45) is 5.16 Å². The summed E-state index contributed by atoms with van der Waals surface area (Å²) in [6.07, 6.45) is 1.27. The van der Waals surface area contributed by atoms with Gasteiger partial charge in [0.1, 0.15) is 17.7 Å². The van der Waals surface area contributed by atoms with Gasteiger partial charge in [-0.15, -0.1) is 0 Å². The van der Waals surface area contributed by atoms with E-state index < -0.39 is 0 Å². The molecule has 0 aromatic carbocycles. The van der Waals surface area contributed by atoms with Gasteiger partial charge in [0.25, 0.3) is 0 Å². The Morgan fingerprint density at radius 1 is 1.55 bits per heavy atom. The maximum Gasteiger partial charge on any atom is 0.148 e. The second-order valence-electron chi connectivity index (χ2n) is 2.64. The number of nitrogens with zero attached hydrogens (tertiary/aromatic N) is 1. The van der Waals surface area contributed by atoms with Crippen molar-refractivity contribution in [2.45, 2.75) is 19.8 Å². The first kappa shape index (κ1) is 7.85. The molecule has 0 saturated heterocycles. The van der Waals surface area contributed by atoms with Crippen molar-refractivity contribution in [2.75, 3.05) is 0 Å². The van der Waals surface area contributed by atoms with Crippen LogP contribution in [0.4, 0.5) is 0 Å². The Bertz CT molecular complexity index is 250. The van der Waals surface area contributed by atoms with E-state index in [1.807, 2.05) is 19.9 Å². The monoisotopic (exact) mass is 153 g/mol. The molecule has 0 radical (unpaired) electrons. The van der Waals surface area contributed by atoms with Gasteiger partial charge in [0.15, 0.2) is 0 Å². The predicted octanol–water partition coefficient (Wildman–Crippen LogP) is 2.21. The molecule has 1 aromatic rings. The Balaban J connectivity index is 2.81. The van der Waals surface area contributed by atoms with Crippen LogP contribution in [0.5, 0.6) is 0 Å². The average molecular weight is 153 g/mol. The predicted molar refractivity (Wildman–Crippen MR) is 42.2 cm³/mol. The molecule has 0 aliphatic heterocycles. The Labute approximate surface area is 65.3 Å². The summed E-state index contributed by atoms with van der Waals surface area (Å²) in [6, 6.07) is 3.65. The lowest BCUT2D eigenvalue weighted by Crippen LogP contribution is -1.81. The summed E-state index contributed by atoms with van der Waals surface area (Å²) in [5.41, 5.74) is 0. The van der Waals surface area contributed by atoms with E-state index in [-0.39, 0.29) is 0 Å². The van der Waals surface area contributed by atoms with Gasteiger partial charge in [-0.3, -0.25) is 0 Å². The van der Waals surface area contributed by atoms with Crippen molar-refractivity contribution in [1.82, 2.24) is 0 Å². The number of hydrogen-bond acceptors (Lipinski definition) is 3. The summed E-state index contributed by atoms with van der Waals surface area (Å²) in [5.74, 6) is 1.85. The summed E-state index contributed by atoms with van der Waals surface area (Å²) >= 11 is 0. The zero-order valence-electron chi connectivity index (χ0n) is 6.61. The molecule has 0 spiro atoms. The molecular weight excluding hydrogens is 142 g/mol. The zero-order valence-corrected chi connectivity index (χ0v) is 6.61. The molecule has 0 amide bonds. The van der Waals surface area contributed by atoms with E-state index in [9.17, 15) is 0 Å². The van der Waals surface area contributed by atoms with Gasteiger partial charge in [-0.2, -0.15) is 0 Å². The molecule has 1 aromatic heterocycles. The summed E-state index contributed by atoms with van der Waals surface area (Å²) < 4.78 is 5.28. The third-order valence-corrected chi connectivity index (χ3v) is 1.40. The second-order valence-corrected chi connectivity index (χ2v) is 2.64. The quantitative estimate of drug-likeness (QED) is 0.402. The van der Waals surface area contributed by atoms with Crippen molar-refractivity contribution >= 4 is 6.21 Å². The number of oxime groups is 1. The minimum absolute atomic E-state index is 0.371. The fourth-order valence-corrected chi connectivity index (χ4v) is 0.805. The van der Waals surface area contributed by atoms with Gasteiger partial charge in [0.05, 0.1) is 0 Å². The Morgan fingerprint density at radius 2 is 2.27 bits per heavy atom. The van der Waals surface area contributed by atoms with Crippen molar-refractivity contribution in [1.29, 1.82) is 0 Å². The molecule has 0 bridgehead atoms. The highest BCUT2D eigenvalue weighted by molar-refractivity contribution is 5.75. The van der Waals surface area contributed by atoms with Crippen LogP contribution in [0.25, 0.3) is 0 Å². The van der Waals surface area contributed by atoms with E-state index in [0.29, 0.717) is 11.7 Å². The summed E-state index contributed by atoms with van der Waals surface area (Å²) in [5, 5.41) is 11.0. The molecule has 3 heteroatoms. The minimum atomic E-state index is 0.371. The van der Waals surface area contributed by atoms with Crippen LogP contribution in [-0.4, -0.2) is 11.4 Å². The van der Waals surface area contributed by atoms with Crippen molar-refractivity contribution in [3.8, 4) is 0 Å². The van der Waals surface area contributed by atoms with Gasteiger partial charge in [-0.1, -0.05) is 19.0 Å². The average Bonchev–Trinajstić information content (AvgIpc) is 2.37. The van der Waals surface area contributed by atoms with Crippen LogP contribution in [0, 0.1) is 0 Å². The lowest BCUT2D eigenvalue weighted by atomic mass is 10.2. The molecule has 1 N–H and O–H groups in total. The lowest BCUT2D eigenvalue weighted by Gasteiger charge is -1.96. The molecule has 0 saturated carbocycles. The number of hydrogen-bond donors (Lipinski definition) is 1. The minimum Gasteiger partial charge on any atom is -0.460 e. The molecule has 0 fully saturated rings. The van der Waals surface area contributed by atoms with Crippen molar-refractivity contribution in [3.63, 3.8) is 0 Å². The third kappa shape index (κ3) is 1.83. The molecule has 0 atom stereocenters. The molecule has 0 unspecified atom stereocenters. The first-order valence-corrected chi connectivity index (χ1v) is 3.51. The molecule has 60 valence electrons. The number of rotatable bonds is 2. The van der Waals surface area contributed by atoms with Crippen LogP contribution in [0.15, 0.2) is 21.7 Å². The molecule has 11 heavy (non-hydrogen) atoms. The van der Waals surface area contributed by atoms with Crippen LogP contribution < -0.4 is 0 Å². The molecule has 0 aliphatic carbocycles. The highest BCUT2D eigenvalue weighted by Crippen LogP contribution is 2.16. The highest BCUT2D eigenvalue weighted by Gasteiger charge is 2.03. The molecular formula is C8H11NO2. The van der Waals surface area contributed by atoms with Crippen LogP contribution in [0.3, 0.4) is 0 Å². The lowest BCUT2D eigenvalue weighted by molar-refractivity contribution is 0.320. The van der Waals surface area contributed by atoms with E-state index in [0.717, 1.165) is 5.76 Å². The smallest absolute Gasteiger partial charge is 0.148 e. The normalized spacial score (nSPS) is 11.5. The largest absolute Gasteiger partial charge is 0.460 e. The Morgan fingerprint density at radius 3 is 2.73 bits per heavy atom. The topological polar surface area (TPSA) is 45.7 Å². The van der Waals surface area contributed by atoms with Crippen LogP contribution in [-0.2, 0) is 0 Å². The maximum atomic E-state index is 8.18. The molecule has 1 heterocycles. The van der Waals surface area contributed by atoms with E-state index in [1.165, 1.54) is 6.21 Å². The Kier molecular flexibility index (Phi) is 2.31. The van der Waals surface area contributed by atoms with E-state index in [1.54, 1.807) is 6.07 Å².